The van der Waals surface area contributed by atoms with Crippen LogP contribution >= 0.6 is 0 Å². The van der Waals surface area contributed by atoms with Crippen molar-refractivity contribution in [1.29, 1.82) is 0 Å². The van der Waals surface area contributed by atoms with E-state index in [0.717, 1.165) is 10.6 Å². The van der Waals surface area contributed by atoms with Crippen LogP contribution in [0, 0.1) is 0 Å². The van der Waals surface area contributed by atoms with Gasteiger partial charge in [-0.25, -0.2) is 4.79 Å². The zero-order valence-electron chi connectivity index (χ0n) is 17.6. The molecule has 164 valence electrons. The molecule has 2 aliphatic heterocycles. The Hall–Kier alpha value is -2.71. The highest BCUT2D eigenvalue weighted by atomic mass is 32.2. The molecule has 0 bridgehead atoms. The predicted octanol–water partition coefficient (Wildman–Crippen LogP) is 2.94. The Morgan fingerprint density at radius 1 is 0.871 bits per heavy atom. The molecule has 2 aliphatic rings. The average Bonchev–Trinajstić information content (AvgIpc) is 3.30. The van der Waals surface area contributed by atoms with Crippen molar-refractivity contribution >= 4 is 23.1 Å². The van der Waals surface area contributed by atoms with E-state index in [1.807, 2.05) is 54.6 Å². The monoisotopic (exact) mass is 441 g/mol. The van der Waals surface area contributed by atoms with Gasteiger partial charge in [0.1, 0.15) is 16.7 Å². The molecule has 2 saturated heterocycles. The molecule has 2 heterocycles. The minimum Gasteiger partial charge on any atom is -0.611 e. The summed E-state index contributed by atoms with van der Waals surface area (Å²) in [6.07, 6.45) is 0.716. The second-order valence-electron chi connectivity index (χ2n) is 7.82. The van der Waals surface area contributed by atoms with Crippen LogP contribution in [-0.4, -0.2) is 75.7 Å². The Morgan fingerprint density at radius 3 is 2.13 bits per heavy atom. The van der Waals surface area contributed by atoms with Crippen LogP contribution in [0.15, 0.2) is 59.5 Å². The first kappa shape index (κ1) is 21.5. The number of para-hydroxylation sites is 1. The van der Waals surface area contributed by atoms with Crippen molar-refractivity contribution in [3.63, 3.8) is 0 Å². The maximum Gasteiger partial charge on any atom is 0.320 e. The maximum atomic E-state index is 13.1. The minimum atomic E-state index is -1.19. The normalized spacial score (nSPS) is 19.9. The number of rotatable bonds is 4. The Labute approximate surface area is 185 Å². The van der Waals surface area contributed by atoms with Gasteiger partial charge in [0.05, 0.1) is 6.54 Å². The van der Waals surface area contributed by atoms with Crippen LogP contribution < -0.4 is 4.74 Å². The van der Waals surface area contributed by atoms with E-state index in [1.165, 1.54) is 0 Å². The molecule has 2 aromatic carbocycles. The number of ether oxygens (including phenoxy) is 1. The molecular formula is C23H27N3O4S. The van der Waals surface area contributed by atoms with Gasteiger partial charge in [0, 0.05) is 46.1 Å². The molecule has 8 heteroatoms. The fourth-order valence-electron chi connectivity index (χ4n) is 3.95. The van der Waals surface area contributed by atoms with Crippen molar-refractivity contribution in [2.24, 2.45) is 0 Å². The molecule has 3 amide bonds. The van der Waals surface area contributed by atoms with E-state index in [2.05, 4.69) is 0 Å². The van der Waals surface area contributed by atoms with Crippen LogP contribution in [0.1, 0.15) is 13.3 Å². The summed E-state index contributed by atoms with van der Waals surface area (Å²) < 4.78 is 18.8. The molecule has 2 aromatic rings. The molecule has 1 unspecified atom stereocenters. The summed E-state index contributed by atoms with van der Waals surface area (Å²) in [5.74, 6) is 1.49. The molecule has 0 spiro atoms. The van der Waals surface area contributed by atoms with Gasteiger partial charge in [-0.1, -0.05) is 18.2 Å². The fourth-order valence-corrected chi connectivity index (χ4v) is 5.37. The molecular weight excluding hydrogens is 414 g/mol. The highest BCUT2D eigenvalue weighted by molar-refractivity contribution is 7.92. The van der Waals surface area contributed by atoms with Crippen molar-refractivity contribution in [3.05, 3.63) is 54.6 Å². The van der Waals surface area contributed by atoms with Crippen LogP contribution in [0.2, 0.25) is 0 Å². The first-order valence-electron chi connectivity index (χ1n) is 10.5. The smallest absolute Gasteiger partial charge is 0.320 e. The van der Waals surface area contributed by atoms with Gasteiger partial charge in [-0.15, -0.1) is 0 Å². The summed E-state index contributed by atoms with van der Waals surface area (Å²) in [6, 6.07) is 16.8. The highest BCUT2D eigenvalue weighted by Crippen LogP contribution is 2.28. The highest BCUT2D eigenvalue weighted by Gasteiger charge is 2.37. The minimum absolute atomic E-state index is 0.0192. The molecule has 7 nitrogen and oxygen atoms in total. The predicted molar refractivity (Wildman–Crippen MR) is 119 cm³/mol. The number of carbonyl (C=O) groups is 2. The fraction of sp³-hybridized carbons (Fsp3) is 0.391. The zero-order chi connectivity index (χ0) is 21.8. The SMILES string of the molecule is CC(=O)N1CCN(C(=O)N2CC[C@H]([S+]([O-])c3ccc(Oc4ccccc4)cc3)C2)CC1. The van der Waals surface area contributed by atoms with E-state index in [0.29, 0.717) is 51.4 Å². The number of urea groups is 1. The van der Waals surface area contributed by atoms with Crippen molar-refractivity contribution < 1.29 is 18.9 Å². The van der Waals surface area contributed by atoms with E-state index in [-0.39, 0.29) is 17.2 Å². The van der Waals surface area contributed by atoms with Gasteiger partial charge in [0.2, 0.25) is 5.91 Å². The van der Waals surface area contributed by atoms with Gasteiger partial charge in [-0.3, -0.25) is 4.79 Å². The molecule has 0 aromatic heterocycles. The second kappa shape index (κ2) is 9.62. The summed E-state index contributed by atoms with van der Waals surface area (Å²) in [6.45, 7) is 4.89. The quantitative estimate of drug-likeness (QED) is 0.684. The third-order valence-electron chi connectivity index (χ3n) is 5.75. The number of benzene rings is 2. The molecule has 31 heavy (non-hydrogen) atoms. The lowest BCUT2D eigenvalue weighted by Gasteiger charge is -2.36. The van der Waals surface area contributed by atoms with E-state index in [9.17, 15) is 14.1 Å². The molecule has 0 aliphatic carbocycles. The number of hydrogen-bond donors (Lipinski definition) is 0. The average molecular weight is 442 g/mol. The third-order valence-corrected chi connectivity index (χ3v) is 7.48. The van der Waals surface area contributed by atoms with Crippen molar-refractivity contribution in [2.45, 2.75) is 23.5 Å². The summed E-state index contributed by atoms with van der Waals surface area (Å²) in [4.78, 5) is 30.4. The molecule has 0 N–H and O–H groups in total. The van der Waals surface area contributed by atoms with Gasteiger partial charge in [-0.2, -0.15) is 0 Å². The van der Waals surface area contributed by atoms with Gasteiger partial charge in [0.25, 0.3) is 0 Å². The van der Waals surface area contributed by atoms with Crippen LogP contribution in [0.25, 0.3) is 0 Å². The molecule has 2 fully saturated rings. The third kappa shape index (κ3) is 5.14. The number of carbonyl (C=O) groups excluding carboxylic acids is 2. The Bertz CT molecular complexity index is 901. The van der Waals surface area contributed by atoms with E-state index >= 15 is 0 Å². The van der Waals surface area contributed by atoms with Gasteiger partial charge < -0.3 is 24.0 Å². The first-order valence-corrected chi connectivity index (χ1v) is 11.8. The number of hydrogen-bond acceptors (Lipinski definition) is 4. The molecule has 0 radical (unpaired) electrons. The first-order chi connectivity index (χ1) is 15.0. The number of piperazine rings is 1. The maximum absolute atomic E-state index is 13.1. The largest absolute Gasteiger partial charge is 0.611 e. The van der Waals surface area contributed by atoms with Crippen molar-refractivity contribution in [2.75, 3.05) is 39.3 Å². The lowest BCUT2D eigenvalue weighted by Crippen LogP contribution is -2.53. The molecule has 0 saturated carbocycles. The summed E-state index contributed by atoms with van der Waals surface area (Å²) in [5.41, 5.74) is 0. The second-order valence-corrected chi connectivity index (χ2v) is 9.55. The Balaban J connectivity index is 1.30. The van der Waals surface area contributed by atoms with Gasteiger partial charge >= 0.3 is 6.03 Å². The van der Waals surface area contributed by atoms with Crippen LogP contribution in [0.5, 0.6) is 11.5 Å². The van der Waals surface area contributed by atoms with Crippen LogP contribution in [0.4, 0.5) is 4.79 Å². The number of likely N-dealkylation sites (tertiary alicyclic amines) is 1. The van der Waals surface area contributed by atoms with Crippen molar-refractivity contribution in [3.8, 4) is 11.5 Å². The van der Waals surface area contributed by atoms with Crippen LogP contribution in [-0.2, 0) is 16.0 Å². The van der Waals surface area contributed by atoms with Crippen LogP contribution in [0.3, 0.4) is 0 Å². The van der Waals surface area contributed by atoms with Gasteiger partial charge in [-0.05, 0) is 47.6 Å². The molecule has 4 rings (SSSR count). The lowest BCUT2D eigenvalue weighted by molar-refractivity contribution is -0.130. The molecule has 2 atom stereocenters. The topological polar surface area (TPSA) is 76.2 Å². The van der Waals surface area contributed by atoms with Crippen molar-refractivity contribution in [1.82, 2.24) is 14.7 Å². The number of nitrogens with zero attached hydrogens (tertiary/aromatic N) is 3. The van der Waals surface area contributed by atoms with E-state index in [1.54, 1.807) is 21.6 Å². The lowest BCUT2D eigenvalue weighted by atomic mass is 10.3. The zero-order valence-corrected chi connectivity index (χ0v) is 18.4. The standard InChI is InChI=1S/C23H27N3O4S/c1-18(27)24-13-15-25(16-14-24)23(28)26-12-11-22(17-26)31(29)21-9-7-20(8-10-21)30-19-5-3-2-4-6-19/h2-10,22H,11-17H2,1H3/t22-,31?/m0/s1. The summed E-state index contributed by atoms with van der Waals surface area (Å²) >= 11 is -1.19. The summed E-state index contributed by atoms with van der Waals surface area (Å²) in [7, 11) is 0. The van der Waals surface area contributed by atoms with Gasteiger partial charge in [0.15, 0.2) is 4.90 Å². The Morgan fingerprint density at radius 2 is 1.48 bits per heavy atom. The van der Waals surface area contributed by atoms with E-state index in [4.69, 9.17) is 4.74 Å². The number of amides is 3. The van der Waals surface area contributed by atoms with E-state index < -0.39 is 11.2 Å². The summed E-state index contributed by atoms with van der Waals surface area (Å²) in [5, 5.41) is -0.0802. The Kier molecular flexibility index (Phi) is 6.67.